The van der Waals surface area contributed by atoms with Gasteiger partial charge in [0.2, 0.25) is 0 Å². The van der Waals surface area contributed by atoms with Crippen LogP contribution in [0, 0.1) is 0 Å². The predicted molar refractivity (Wildman–Crippen MR) is 64.0 cm³/mol. The maximum atomic E-state index is 4.27. The largest absolute Gasteiger partial charge is 0.309 e. The molecule has 1 aliphatic rings. The number of nitrogens with zero attached hydrogens (tertiary/aromatic N) is 3. The van der Waals surface area contributed by atoms with Crippen LogP contribution in [0.25, 0.3) is 0 Å². The number of hydrogen-bond acceptors (Lipinski definition) is 4. The van der Waals surface area contributed by atoms with Crippen LogP contribution in [0.15, 0.2) is 18.5 Å². The highest BCUT2D eigenvalue weighted by Gasteiger charge is 2.28. The smallest absolute Gasteiger partial charge is 0.142 e. The van der Waals surface area contributed by atoms with Gasteiger partial charge in [0.15, 0.2) is 0 Å². The molecule has 0 aliphatic carbocycles. The fourth-order valence-corrected chi connectivity index (χ4v) is 2.13. The lowest BCUT2D eigenvalue weighted by molar-refractivity contribution is 0.131. The monoisotopic (exact) mass is 220 g/mol. The Morgan fingerprint density at radius 3 is 2.88 bits per heavy atom. The highest BCUT2D eigenvalue weighted by Crippen LogP contribution is 2.16. The van der Waals surface area contributed by atoms with Gasteiger partial charge in [0.1, 0.15) is 5.82 Å². The highest BCUT2D eigenvalue weighted by atomic mass is 15.2. The van der Waals surface area contributed by atoms with Gasteiger partial charge in [0.05, 0.1) is 6.54 Å². The zero-order valence-electron chi connectivity index (χ0n) is 10.1. The Bertz CT molecular complexity index is 327. The highest BCUT2D eigenvalue weighted by molar-refractivity contribution is 4.93. The van der Waals surface area contributed by atoms with Gasteiger partial charge < -0.3 is 5.32 Å². The first-order valence-corrected chi connectivity index (χ1v) is 5.95. The molecule has 2 rings (SSSR count). The van der Waals surface area contributed by atoms with E-state index in [4.69, 9.17) is 0 Å². The molecule has 4 heteroatoms. The molecule has 1 aliphatic heterocycles. The van der Waals surface area contributed by atoms with Crippen LogP contribution in [0.4, 0.5) is 0 Å². The van der Waals surface area contributed by atoms with Crippen molar-refractivity contribution in [2.75, 3.05) is 19.6 Å². The Kier molecular flexibility index (Phi) is 3.51. The molecule has 1 saturated heterocycles. The second kappa shape index (κ2) is 4.89. The Morgan fingerprint density at radius 2 is 2.19 bits per heavy atom. The zero-order chi connectivity index (χ0) is 11.4. The van der Waals surface area contributed by atoms with Crippen LogP contribution in [0.3, 0.4) is 0 Å². The number of rotatable bonds is 3. The lowest BCUT2D eigenvalue weighted by atomic mass is 9.96. The van der Waals surface area contributed by atoms with E-state index in [-0.39, 0.29) is 5.54 Å². The summed E-state index contributed by atoms with van der Waals surface area (Å²) in [6, 6.07) is 1.86. The Balaban J connectivity index is 1.96. The minimum atomic E-state index is 0.243. The predicted octanol–water partition coefficient (Wildman–Crippen LogP) is 1.05. The molecule has 0 spiro atoms. The summed E-state index contributed by atoms with van der Waals surface area (Å²) in [5.74, 6) is 0.919. The van der Waals surface area contributed by atoms with Gasteiger partial charge in [-0.1, -0.05) is 6.92 Å². The van der Waals surface area contributed by atoms with Gasteiger partial charge in [-0.05, 0) is 19.4 Å². The first-order valence-electron chi connectivity index (χ1n) is 5.95. The summed E-state index contributed by atoms with van der Waals surface area (Å²) in [4.78, 5) is 11.0. The lowest BCUT2D eigenvalue weighted by Gasteiger charge is -2.40. The number of nitrogens with one attached hydrogen (secondary N) is 1. The van der Waals surface area contributed by atoms with Crippen molar-refractivity contribution in [2.24, 2.45) is 0 Å². The second-order valence-corrected chi connectivity index (χ2v) is 4.72. The van der Waals surface area contributed by atoms with Crippen molar-refractivity contribution in [1.29, 1.82) is 0 Å². The standard InChI is InChI=1S/C12H20N4/c1-3-12(2)10-16(8-7-15-12)9-11-13-5-4-6-14-11/h4-6,15H,3,7-10H2,1-2H3. The summed E-state index contributed by atoms with van der Waals surface area (Å²) in [5.41, 5.74) is 0.243. The molecule has 1 fully saturated rings. The fraction of sp³-hybridized carbons (Fsp3) is 0.667. The van der Waals surface area contributed by atoms with Gasteiger partial charge >= 0.3 is 0 Å². The maximum absolute atomic E-state index is 4.27. The average molecular weight is 220 g/mol. The molecule has 1 N–H and O–H groups in total. The molecule has 2 heterocycles. The van der Waals surface area contributed by atoms with Crippen LogP contribution in [-0.4, -0.2) is 40.0 Å². The Morgan fingerprint density at radius 1 is 1.44 bits per heavy atom. The minimum Gasteiger partial charge on any atom is -0.309 e. The Labute approximate surface area is 97.1 Å². The fourth-order valence-electron chi connectivity index (χ4n) is 2.13. The van der Waals surface area contributed by atoms with Crippen molar-refractivity contribution in [3.8, 4) is 0 Å². The van der Waals surface area contributed by atoms with E-state index in [1.165, 1.54) is 0 Å². The normalized spacial score (nSPS) is 26.9. The van der Waals surface area contributed by atoms with Crippen molar-refractivity contribution in [3.63, 3.8) is 0 Å². The number of hydrogen-bond donors (Lipinski definition) is 1. The summed E-state index contributed by atoms with van der Waals surface area (Å²) in [5, 5.41) is 3.58. The summed E-state index contributed by atoms with van der Waals surface area (Å²) < 4.78 is 0. The van der Waals surface area contributed by atoms with E-state index in [1.54, 1.807) is 0 Å². The minimum absolute atomic E-state index is 0.243. The molecule has 1 aromatic rings. The molecule has 1 aromatic heterocycles. The van der Waals surface area contributed by atoms with E-state index in [0.717, 1.165) is 38.4 Å². The van der Waals surface area contributed by atoms with Crippen LogP contribution in [-0.2, 0) is 6.54 Å². The molecule has 1 unspecified atom stereocenters. The van der Waals surface area contributed by atoms with E-state index >= 15 is 0 Å². The molecule has 0 radical (unpaired) electrons. The molecule has 0 amide bonds. The molecule has 88 valence electrons. The summed E-state index contributed by atoms with van der Waals surface area (Å²) in [7, 11) is 0. The van der Waals surface area contributed by atoms with E-state index in [0.29, 0.717) is 0 Å². The van der Waals surface area contributed by atoms with Gasteiger partial charge in [-0.2, -0.15) is 0 Å². The molecule has 4 nitrogen and oxygen atoms in total. The van der Waals surface area contributed by atoms with E-state index in [9.17, 15) is 0 Å². The maximum Gasteiger partial charge on any atom is 0.142 e. The van der Waals surface area contributed by atoms with E-state index in [1.807, 2.05) is 18.5 Å². The third kappa shape index (κ3) is 2.77. The molecule has 1 atom stereocenters. The molecule has 16 heavy (non-hydrogen) atoms. The lowest BCUT2D eigenvalue weighted by Crippen LogP contribution is -2.58. The first-order chi connectivity index (χ1) is 7.72. The van der Waals surface area contributed by atoms with Gasteiger partial charge in [-0.15, -0.1) is 0 Å². The van der Waals surface area contributed by atoms with Crippen LogP contribution in [0.1, 0.15) is 26.1 Å². The number of piperazine rings is 1. The molecule has 0 saturated carbocycles. The van der Waals surface area contributed by atoms with Crippen LogP contribution >= 0.6 is 0 Å². The zero-order valence-corrected chi connectivity index (χ0v) is 10.1. The first kappa shape index (κ1) is 11.5. The third-order valence-corrected chi connectivity index (χ3v) is 3.32. The van der Waals surface area contributed by atoms with E-state index in [2.05, 4.69) is 34.0 Å². The molecular weight excluding hydrogens is 200 g/mol. The van der Waals surface area contributed by atoms with Crippen LogP contribution in [0.2, 0.25) is 0 Å². The van der Waals surface area contributed by atoms with Crippen molar-refractivity contribution in [2.45, 2.75) is 32.4 Å². The van der Waals surface area contributed by atoms with Crippen LogP contribution < -0.4 is 5.32 Å². The van der Waals surface area contributed by atoms with E-state index < -0.39 is 0 Å². The van der Waals surface area contributed by atoms with Crippen molar-refractivity contribution >= 4 is 0 Å². The average Bonchev–Trinajstić information content (AvgIpc) is 2.30. The van der Waals surface area contributed by atoms with Gasteiger partial charge in [-0.3, -0.25) is 4.90 Å². The van der Waals surface area contributed by atoms with Crippen LogP contribution in [0.5, 0.6) is 0 Å². The van der Waals surface area contributed by atoms with Gasteiger partial charge in [0, 0.05) is 37.6 Å². The second-order valence-electron chi connectivity index (χ2n) is 4.72. The molecule has 0 bridgehead atoms. The van der Waals surface area contributed by atoms with Crippen molar-refractivity contribution in [3.05, 3.63) is 24.3 Å². The topological polar surface area (TPSA) is 41.1 Å². The van der Waals surface area contributed by atoms with Gasteiger partial charge in [0.25, 0.3) is 0 Å². The molecule has 0 aromatic carbocycles. The SMILES string of the molecule is CCC1(C)CN(Cc2ncccn2)CCN1. The number of aromatic nitrogens is 2. The summed E-state index contributed by atoms with van der Waals surface area (Å²) >= 11 is 0. The third-order valence-electron chi connectivity index (χ3n) is 3.32. The van der Waals surface area contributed by atoms with Crippen molar-refractivity contribution in [1.82, 2.24) is 20.2 Å². The summed E-state index contributed by atoms with van der Waals surface area (Å²) in [6.45, 7) is 8.57. The van der Waals surface area contributed by atoms with Crippen molar-refractivity contribution < 1.29 is 0 Å². The summed E-state index contributed by atoms with van der Waals surface area (Å²) in [6.07, 6.45) is 4.77. The molecular formula is C12H20N4. The quantitative estimate of drug-likeness (QED) is 0.826. The van der Waals surface area contributed by atoms with Gasteiger partial charge in [-0.25, -0.2) is 9.97 Å². The Hall–Kier alpha value is -1.00.